The summed E-state index contributed by atoms with van der Waals surface area (Å²) in [5.74, 6) is 0.145. The zero-order chi connectivity index (χ0) is 9.97. The predicted molar refractivity (Wildman–Crippen MR) is 54.3 cm³/mol. The number of rotatable bonds is 1. The lowest BCUT2D eigenvalue weighted by Gasteiger charge is -2.27. The van der Waals surface area contributed by atoms with Gasteiger partial charge in [0.05, 0.1) is 6.10 Å². The molecule has 2 atom stereocenters. The Morgan fingerprint density at radius 3 is 2.86 bits per heavy atom. The average molecular weight is 213 g/mol. The van der Waals surface area contributed by atoms with Crippen molar-refractivity contribution in [1.29, 1.82) is 0 Å². The van der Waals surface area contributed by atoms with Gasteiger partial charge < -0.3 is 5.11 Å². The van der Waals surface area contributed by atoms with Gasteiger partial charge >= 0.3 is 0 Å². The number of aromatic nitrogens is 2. The number of hydrogen-bond acceptors (Lipinski definition) is 3. The van der Waals surface area contributed by atoms with Gasteiger partial charge in [0.15, 0.2) is 5.15 Å². The summed E-state index contributed by atoms with van der Waals surface area (Å²) in [6.45, 7) is 0. The van der Waals surface area contributed by atoms with Crippen molar-refractivity contribution in [2.24, 2.45) is 0 Å². The summed E-state index contributed by atoms with van der Waals surface area (Å²) in [6, 6.07) is 1.86. The van der Waals surface area contributed by atoms with Crippen molar-refractivity contribution in [3.63, 3.8) is 0 Å². The fourth-order valence-corrected chi connectivity index (χ4v) is 2.32. The van der Waals surface area contributed by atoms with E-state index in [0.717, 1.165) is 31.2 Å². The second kappa shape index (κ2) is 4.24. The Morgan fingerprint density at radius 2 is 2.14 bits per heavy atom. The first kappa shape index (κ1) is 9.87. The maximum atomic E-state index is 9.84. The van der Waals surface area contributed by atoms with Gasteiger partial charge in [-0.05, 0) is 24.5 Å². The molecule has 0 aromatic carbocycles. The van der Waals surface area contributed by atoms with Gasteiger partial charge in [-0.3, -0.25) is 0 Å². The summed E-state index contributed by atoms with van der Waals surface area (Å²) in [4.78, 5) is 0. The third-order valence-corrected chi connectivity index (χ3v) is 3.13. The molecule has 1 heterocycles. The van der Waals surface area contributed by atoms with Crippen LogP contribution in [0, 0.1) is 0 Å². The van der Waals surface area contributed by atoms with Crippen LogP contribution in [-0.4, -0.2) is 21.4 Å². The summed E-state index contributed by atoms with van der Waals surface area (Å²) < 4.78 is 0. The first-order valence-corrected chi connectivity index (χ1v) is 5.32. The van der Waals surface area contributed by atoms with E-state index in [2.05, 4.69) is 10.2 Å². The summed E-state index contributed by atoms with van der Waals surface area (Å²) in [5.41, 5.74) is 0.939. The van der Waals surface area contributed by atoms with Crippen molar-refractivity contribution >= 4 is 11.6 Å². The van der Waals surface area contributed by atoms with Gasteiger partial charge in [0.1, 0.15) is 0 Å². The quantitative estimate of drug-likeness (QED) is 0.776. The van der Waals surface area contributed by atoms with E-state index in [0.29, 0.717) is 5.15 Å². The third-order valence-electron chi connectivity index (χ3n) is 2.83. The van der Waals surface area contributed by atoms with Crippen molar-refractivity contribution in [3.8, 4) is 0 Å². The van der Waals surface area contributed by atoms with E-state index in [1.165, 1.54) is 0 Å². The van der Waals surface area contributed by atoms with Gasteiger partial charge in [0.2, 0.25) is 0 Å². The molecule has 4 heteroatoms. The third kappa shape index (κ3) is 1.88. The molecular formula is C10H13ClN2O. The van der Waals surface area contributed by atoms with Gasteiger partial charge in [-0.15, -0.1) is 5.10 Å². The van der Waals surface area contributed by atoms with Gasteiger partial charge in [0, 0.05) is 12.1 Å². The van der Waals surface area contributed by atoms with E-state index < -0.39 is 0 Å². The highest BCUT2D eigenvalue weighted by molar-refractivity contribution is 6.30. The molecule has 2 rings (SSSR count). The summed E-state index contributed by atoms with van der Waals surface area (Å²) in [6.07, 6.45) is 5.47. The molecule has 0 radical (unpaired) electrons. The van der Waals surface area contributed by atoms with Crippen molar-refractivity contribution in [1.82, 2.24) is 10.2 Å². The maximum Gasteiger partial charge on any atom is 0.155 e. The van der Waals surface area contributed by atoms with Gasteiger partial charge in [0.25, 0.3) is 0 Å². The first-order chi connectivity index (χ1) is 6.79. The van der Waals surface area contributed by atoms with E-state index in [9.17, 15) is 5.11 Å². The zero-order valence-electron chi connectivity index (χ0n) is 7.86. The van der Waals surface area contributed by atoms with E-state index in [1.807, 2.05) is 6.07 Å². The molecule has 0 saturated heterocycles. The van der Waals surface area contributed by atoms with Gasteiger partial charge in [-0.25, -0.2) is 0 Å². The molecule has 1 aromatic heterocycles. The van der Waals surface area contributed by atoms with Crippen molar-refractivity contribution < 1.29 is 5.11 Å². The lowest BCUT2D eigenvalue weighted by atomic mass is 9.82. The summed E-state index contributed by atoms with van der Waals surface area (Å²) >= 11 is 5.94. The second-order valence-electron chi connectivity index (χ2n) is 3.74. The molecule has 1 aromatic rings. The number of aliphatic hydroxyl groups excluding tert-OH is 1. The Hall–Kier alpha value is -0.670. The molecule has 14 heavy (non-hydrogen) atoms. The molecule has 1 saturated carbocycles. The van der Waals surface area contributed by atoms with Crippen molar-refractivity contribution in [3.05, 3.63) is 23.0 Å². The molecule has 0 amide bonds. The Kier molecular flexibility index (Phi) is 2.99. The molecule has 0 aliphatic heterocycles. The van der Waals surface area contributed by atoms with Crippen LogP contribution in [0.4, 0.5) is 0 Å². The van der Waals surface area contributed by atoms with E-state index in [1.54, 1.807) is 6.20 Å². The highest BCUT2D eigenvalue weighted by Gasteiger charge is 2.26. The number of halogens is 1. The van der Waals surface area contributed by atoms with E-state index in [4.69, 9.17) is 11.6 Å². The lowest BCUT2D eigenvalue weighted by Crippen LogP contribution is -2.23. The monoisotopic (exact) mass is 212 g/mol. The number of hydrogen-bond donors (Lipinski definition) is 1. The SMILES string of the molecule is OC1CCCCC1c1ccnnc1Cl. The molecule has 1 aliphatic carbocycles. The highest BCUT2D eigenvalue weighted by atomic mass is 35.5. The van der Waals surface area contributed by atoms with Crippen LogP contribution in [0.1, 0.15) is 37.2 Å². The number of nitrogens with zero attached hydrogens (tertiary/aromatic N) is 2. The van der Waals surface area contributed by atoms with Crippen LogP contribution >= 0.6 is 11.6 Å². The summed E-state index contributed by atoms with van der Waals surface area (Å²) in [5, 5.41) is 17.8. The normalized spacial score (nSPS) is 27.6. The first-order valence-electron chi connectivity index (χ1n) is 4.94. The van der Waals surface area contributed by atoms with Crippen LogP contribution in [0.5, 0.6) is 0 Å². The molecule has 1 N–H and O–H groups in total. The topological polar surface area (TPSA) is 46.0 Å². The Balaban J connectivity index is 2.25. The van der Waals surface area contributed by atoms with Crippen LogP contribution in [0.3, 0.4) is 0 Å². The zero-order valence-corrected chi connectivity index (χ0v) is 8.61. The van der Waals surface area contributed by atoms with E-state index in [-0.39, 0.29) is 12.0 Å². The predicted octanol–water partition coefficient (Wildman–Crippen LogP) is 2.15. The minimum Gasteiger partial charge on any atom is -0.392 e. The largest absolute Gasteiger partial charge is 0.392 e. The van der Waals surface area contributed by atoms with Crippen LogP contribution in [0.15, 0.2) is 12.3 Å². The molecule has 1 fully saturated rings. The number of aliphatic hydroxyl groups is 1. The molecule has 2 unspecified atom stereocenters. The minimum absolute atomic E-state index is 0.145. The summed E-state index contributed by atoms with van der Waals surface area (Å²) in [7, 11) is 0. The molecular weight excluding hydrogens is 200 g/mol. The second-order valence-corrected chi connectivity index (χ2v) is 4.09. The average Bonchev–Trinajstić information content (AvgIpc) is 2.20. The standard InChI is InChI=1S/C10H13ClN2O/c11-10-8(5-6-12-13-10)7-3-1-2-4-9(7)14/h5-7,9,14H,1-4H2. The molecule has 0 bridgehead atoms. The fraction of sp³-hybridized carbons (Fsp3) is 0.600. The Labute approximate surface area is 88.1 Å². The van der Waals surface area contributed by atoms with Crippen LogP contribution in [0.2, 0.25) is 5.15 Å². The highest BCUT2D eigenvalue weighted by Crippen LogP contribution is 2.35. The lowest BCUT2D eigenvalue weighted by molar-refractivity contribution is 0.106. The van der Waals surface area contributed by atoms with Crippen molar-refractivity contribution in [2.45, 2.75) is 37.7 Å². The van der Waals surface area contributed by atoms with Gasteiger partial charge in [-0.2, -0.15) is 5.10 Å². The molecule has 76 valence electrons. The smallest absolute Gasteiger partial charge is 0.155 e. The Bertz CT molecular complexity index is 319. The van der Waals surface area contributed by atoms with Crippen molar-refractivity contribution in [2.75, 3.05) is 0 Å². The van der Waals surface area contributed by atoms with Crippen LogP contribution < -0.4 is 0 Å². The van der Waals surface area contributed by atoms with Gasteiger partial charge in [-0.1, -0.05) is 24.4 Å². The maximum absolute atomic E-state index is 9.84. The molecule has 0 spiro atoms. The van der Waals surface area contributed by atoms with Crippen LogP contribution in [-0.2, 0) is 0 Å². The van der Waals surface area contributed by atoms with E-state index >= 15 is 0 Å². The molecule has 1 aliphatic rings. The minimum atomic E-state index is -0.273. The van der Waals surface area contributed by atoms with Crippen LogP contribution in [0.25, 0.3) is 0 Å². The fourth-order valence-electron chi connectivity index (χ4n) is 2.07. The Morgan fingerprint density at radius 1 is 1.36 bits per heavy atom. The molecule has 3 nitrogen and oxygen atoms in total.